The molecule has 0 atom stereocenters. The van der Waals surface area contributed by atoms with Crippen LogP contribution in [0.2, 0.25) is 0 Å². The number of likely N-dealkylation sites (N-methyl/N-ethyl adjacent to an activating group) is 1. The van der Waals surface area contributed by atoms with E-state index in [0.29, 0.717) is 19.6 Å². The largest absolute Gasteiger partial charge is 0.508 e. The van der Waals surface area contributed by atoms with Gasteiger partial charge in [-0.05, 0) is 47.2 Å². The zero-order chi connectivity index (χ0) is 19.5. The molecule has 0 spiro atoms. The van der Waals surface area contributed by atoms with E-state index in [1.807, 2.05) is 41.1 Å². The summed E-state index contributed by atoms with van der Waals surface area (Å²) >= 11 is 0. The van der Waals surface area contributed by atoms with E-state index in [0.717, 1.165) is 24.5 Å². The summed E-state index contributed by atoms with van der Waals surface area (Å²) in [5.74, 6) is 0.426. The number of piperazine rings is 1. The summed E-state index contributed by atoms with van der Waals surface area (Å²) in [5.41, 5.74) is 2.13. The number of benzene rings is 3. The molecule has 1 heterocycles. The molecule has 1 aliphatic heterocycles. The lowest BCUT2D eigenvalue weighted by atomic mass is 10.1. The molecule has 0 aliphatic carbocycles. The third-order valence-electron chi connectivity index (χ3n) is 5.39. The second-order valence-corrected chi connectivity index (χ2v) is 7.27. The molecular formula is C23H25N3O2. The molecule has 1 N–H and O–H groups in total. The maximum atomic E-state index is 12.8. The monoisotopic (exact) mass is 375 g/mol. The number of phenols is 1. The SMILES string of the molecule is CN(CC(=O)N1CCN(c2ccc(O)cc2)CC1)c1ccc2ccccc2c1. The molecule has 1 saturated heterocycles. The lowest BCUT2D eigenvalue weighted by Gasteiger charge is -2.37. The first-order valence-electron chi connectivity index (χ1n) is 9.62. The standard InChI is InChI=1S/C23H25N3O2/c1-24(21-7-6-18-4-2-3-5-19(18)16-21)17-23(28)26-14-12-25(13-15-26)20-8-10-22(27)11-9-20/h2-11,16,27H,12-15,17H2,1H3. The number of nitrogens with zero attached hydrogens (tertiary/aromatic N) is 3. The van der Waals surface area contributed by atoms with Gasteiger partial charge in [-0.2, -0.15) is 0 Å². The van der Waals surface area contributed by atoms with Gasteiger partial charge in [0.1, 0.15) is 5.75 Å². The van der Waals surface area contributed by atoms with E-state index in [9.17, 15) is 9.90 Å². The lowest BCUT2D eigenvalue weighted by molar-refractivity contribution is -0.129. The van der Waals surface area contributed by atoms with Gasteiger partial charge >= 0.3 is 0 Å². The predicted octanol–water partition coefficient (Wildman–Crippen LogP) is 3.33. The maximum Gasteiger partial charge on any atom is 0.242 e. The topological polar surface area (TPSA) is 47.0 Å². The van der Waals surface area contributed by atoms with Crippen molar-refractivity contribution in [2.75, 3.05) is 49.6 Å². The molecule has 4 rings (SSSR count). The van der Waals surface area contributed by atoms with Crippen molar-refractivity contribution >= 4 is 28.1 Å². The van der Waals surface area contributed by atoms with Gasteiger partial charge in [0, 0.05) is 44.6 Å². The number of rotatable bonds is 4. The number of fused-ring (bicyclic) bond motifs is 1. The van der Waals surface area contributed by atoms with Gasteiger partial charge in [0.25, 0.3) is 0 Å². The van der Waals surface area contributed by atoms with Crippen molar-refractivity contribution in [2.24, 2.45) is 0 Å². The van der Waals surface area contributed by atoms with Crippen molar-refractivity contribution in [2.45, 2.75) is 0 Å². The van der Waals surface area contributed by atoms with Crippen molar-refractivity contribution < 1.29 is 9.90 Å². The van der Waals surface area contributed by atoms with Crippen LogP contribution >= 0.6 is 0 Å². The van der Waals surface area contributed by atoms with Crippen LogP contribution in [0.1, 0.15) is 0 Å². The predicted molar refractivity (Wildman–Crippen MR) is 114 cm³/mol. The van der Waals surface area contributed by atoms with Gasteiger partial charge in [-0.15, -0.1) is 0 Å². The molecule has 0 radical (unpaired) electrons. The molecule has 1 aliphatic rings. The highest BCUT2D eigenvalue weighted by molar-refractivity contribution is 5.87. The summed E-state index contributed by atoms with van der Waals surface area (Å²) in [4.78, 5) is 19.0. The maximum absolute atomic E-state index is 12.8. The normalized spacial score (nSPS) is 14.3. The van der Waals surface area contributed by atoms with Gasteiger partial charge in [-0.1, -0.05) is 30.3 Å². The summed E-state index contributed by atoms with van der Waals surface area (Å²) in [7, 11) is 1.97. The second kappa shape index (κ2) is 7.80. The summed E-state index contributed by atoms with van der Waals surface area (Å²) in [5, 5.41) is 11.8. The van der Waals surface area contributed by atoms with Crippen molar-refractivity contribution in [3.05, 3.63) is 66.7 Å². The Morgan fingerprint density at radius 1 is 0.929 bits per heavy atom. The van der Waals surface area contributed by atoms with Crippen molar-refractivity contribution in [1.82, 2.24) is 4.90 Å². The number of carbonyl (C=O) groups is 1. The van der Waals surface area contributed by atoms with E-state index in [-0.39, 0.29) is 11.7 Å². The summed E-state index contributed by atoms with van der Waals surface area (Å²) in [6.45, 7) is 3.40. The van der Waals surface area contributed by atoms with Gasteiger partial charge in [0.15, 0.2) is 0 Å². The number of phenolic OH excluding ortho intramolecular Hbond substituents is 1. The van der Waals surface area contributed by atoms with E-state index >= 15 is 0 Å². The Morgan fingerprint density at radius 2 is 1.61 bits per heavy atom. The highest BCUT2D eigenvalue weighted by Crippen LogP contribution is 2.22. The molecule has 0 bridgehead atoms. The Bertz CT molecular complexity index is 963. The van der Waals surface area contributed by atoms with Crippen molar-refractivity contribution in [3.8, 4) is 5.75 Å². The first kappa shape index (κ1) is 18.2. The smallest absolute Gasteiger partial charge is 0.242 e. The summed E-state index contributed by atoms with van der Waals surface area (Å²) < 4.78 is 0. The van der Waals surface area contributed by atoms with E-state index in [2.05, 4.69) is 35.2 Å². The molecule has 3 aromatic carbocycles. The first-order chi connectivity index (χ1) is 13.6. The zero-order valence-electron chi connectivity index (χ0n) is 16.1. The summed E-state index contributed by atoms with van der Waals surface area (Å²) in [6.07, 6.45) is 0. The number of aromatic hydroxyl groups is 1. The Hall–Kier alpha value is -3.21. The van der Waals surface area contributed by atoms with Gasteiger partial charge in [0.05, 0.1) is 6.54 Å². The number of hydrogen-bond acceptors (Lipinski definition) is 4. The van der Waals surface area contributed by atoms with Gasteiger partial charge in [-0.25, -0.2) is 0 Å². The minimum atomic E-state index is 0.154. The van der Waals surface area contributed by atoms with Crippen molar-refractivity contribution in [3.63, 3.8) is 0 Å². The molecule has 0 unspecified atom stereocenters. The van der Waals surface area contributed by atoms with Crippen LogP contribution in [-0.4, -0.2) is 55.7 Å². The highest BCUT2D eigenvalue weighted by Gasteiger charge is 2.22. The Morgan fingerprint density at radius 3 is 2.32 bits per heavy atom. The molecule has 0 aromatic heterocycles. The Balaban J connectivity index is 1.35. The number of hydrogen-bond donors (Lipinski definition) is 1. The highest BCUT2D eigenvalue weighted by atomic mass is 16.3. The number of anilines is 2. The third kappa shape index (κ3) is 3.88. The molecule has 1 amide bonds. The van der Waals surface area contributed by atoms with Crippen LogP contribution in [0.15, 0.2) is 66.7 Å². The average Bonchev–Trinajstić information content (AvgIpc) is 2.74. The molecule has 28 heavy (non-hydrogen) atoms. The fourth-order valence-electron chi connectivity index (χ4n) is 3.69. The molecule has 5 heteroatoms. The zero-order valence-corrected chi connectivity index (χ0v) is 16.1. The number of carbonyl (C=O) groups excluding carboxylic acids is 1. The third-order valence-corrected chi connectivity index (χ3v) is 5.39. The quantitative estimate of drug-likeness (QED) is 0.760. The molecule has 144 valence electrons. The van der Waals surface area contributed by atoms with Crippen LogP contribution in [0.4, 0.5) is 11.4 Å². The van der Waals surface area contributed by atoms with E-state index in [1.165, 1.54) is 10.8 Å². The van der Waals surface area contributed by atoms with Crippen molar-refractivity contribution in [1.29, 1.82) is 0 Å². The molecule has 1 fully saturated rings. The Labute approximate surface area is 165 Å². The van der Waals surface area contributed by atoms with Crippen LogP contribution in [0, 0.1) is 0 Å². The van der Waals surface area contributed by atoms with E-state index in [1.54, 1.807) is 12.1 Å². The van der Waals surface area contributed by atoms with Crippen LogP contribution in [0.25, 0.3) is 10.8 Å². The summed E-state index contributed by atoms with van der Waals surface area (Å²) in [6, 6.07) is 21.8. The second-order valence-electron chi connectivity index (χ2n) is 7.27. The fraction of sp³-hybridized carbons (Fsp3) is 0.261. The van der Waals surface area contributed by atoms with E-state index in [4.69, 9.17) is 0 Å². The Kier molecular flexibility index (Phi) is 5.06. The first-order valence-corrected chi connectivity index (χ1v) is 9.62. The molecular weight excluding hydrogens is 350 g/mol. The van der Waals surface area contributed by atoms with Crippen LogP contribution in [-0.2, 0) is 4.79 Å². The molecule has 3 aromatic rings. The minimum absolute atomic E-state index is 0.154. The minimum Gasteiger partial charge on any atom is -0.508 e. The number of amides is 1. The molecule has 5 nitrogen and oxygen atoms in total. The van der Waals surface area contributed by atoms with Crippen LogP contribution in [0.5, 0.6) is 5.75 Å². The van der Waals surface area contributed by atoms with Gasteiger partial charge in [-0.3, -0.25) is 4.79 Å². The lowest BCUT2D eigenvalue weighted by Crippen LogP contribution is -2.51. The fourth-order valence-corrected chi connectivity index (χ4v) is 3.69. The van der Waals surface area contributed by atoms with Gasteiger partial charge < -0.3 is 19.8 Å². The van der Waals surface area contributed by atoms with Crippen LogP contribution in [0.3, 0.4) is 0 Å². The van der Waals surface area contributed by atoms with Crippen LogP contribution < -0.4 is 9.80 Å². The average molecular weight is 375 g/mol. The molecule has 0 saturated carbocycles. The van der Waals surface area contributed by atoms with E-state index < -0.39 is 0 Å². The van der Waals surface area contributed by atoms with Gasteiger partial charge in [0.2, 0.25) is 5.91 Å².